The molecule has 0 aromatic heterocycles. The molecular formula is C7H9IN2O4. The monoisotopic (exact) mass is 312 g/mol. The lowest BCUT2D eigenvalue weighted by molar-refractivity contribution is -0.493. The van der Waals surface area contributed by atoms with Crippen molar-refractivity contribution in [3.8, 4) is 6.07 Å². The van der Waals surface area contributed by atoms with E-state index in [1.807, 2.05) is 0 Å². The lowest BCUT2D eigenvalue weighted by Gasteiger charge is -2.23. The first kappa shape index (κ1) is 10.5. The van der Waals surface area contributed by atoms with Crippen LogP contribution in [0.1, 0.15) is 0 Å². The van der Waals surface area contributed by atoms with Crippen molar-refractivity contribution in [2.75, 3.05) is 18.1 Å². The quantitative estimate of drug-likeness (QED) is 0.536. The molecule has 6 nitrogen and oxygen atoms in total. The Labute approximate surface area is 94.6 Å². The first-order valence-corrected chi connectivity index (χ1v) is 5.56. The Hall–Kier alpha value is 0.0200. The molecule has 2 rings (SSSR count). The molecule has 3 atom stereocenters. The Morgan fingerprint density at radius 3 is 3.14 bits per heavy atom. The zero-order chi connectivity index (χ0) is 10.2. The number of alkyl halides is 1. The molecule has 0 saturated carbocycles. The number of rotatable bonds is 2. The summed E-state index contributed by atoms with van der Waals surface area (Å²) in [6, 6.07) is 2.06. The van der Waals surface area contributed by atoms with Crippen LogP contribution in [0, 0.1) is 11.3 Å². The minimum atomic E-state index is -0.731. The smallest absolute Gasteiger partial charge is 0.178 e. The van der Waals surface area contributed by atoms with Crippen LogP contribution in [0.3, 0.4) is 0 Å². The summed E-state index contributed by atoms with van der Waals surface area (Å²) in [5, 5.41) is 9.84. The summed E-state index contributed by atoms with van der Waals surface area (Å²) < 4.78 is 5.86. The fraction of sp³-hybridized carbons (Fsp3) is 0.857. The zero-order valence-electron chi connectivity index (χ0n) is 7.47. The van der Waals surface area contributed by atoms with Gasteiger partial charge in [0.15, 0.2) is 11.7 Å². The molecule has 2 aliphatic heterocycles. The third-order valence-electron chi connectivity index (χ3n) is 2.34. The highest BCUT2D eigenvalue weighted by Gasteiger charge is 2.61. The molecule has 2 heterocycles. The summed E-state index contributed by atoms with van der Waals surface area (Å²) in [5.41, 5.74) is -0.731. The molecular weight excluding hydrogens is 303 g/mol. The Balaban J connectivity index is 2.21. The molecule has 0 spiro atoms. The van der Waals surface area contributed by atoms with Crippen molar-refractivity contribution in [3.05, 3.63) is 0 Å². The molecule has 0 aromatic carbocycles. The summed E-state index contributed by atoms with van der Waals surface area (Å²) >= 11 is 2.14. The van der Waals surface area contributed by atoms with Crippen molar-refractivity contribution in [2.24, 2.45) is 0 Å². The SMILES string of the molecule is CON1OC2COC(C#N)C2(CI)O1. The average molecular weight is 312 g/mol. The summed E-state index contributed by atoms with van der Waals surface area (Å²) in [5.74, 6) is 0. The Morgan fingerprint density at radius 2 is 2.57 bits per heavy atom. The number of nitrogens with zero attached hydrogens (tertiary/aromatic N) is 2. The van der Waals surface area contributed by atoms with Gasteiger partial charge in [0.1, 0.15) is 6.10 Å². The van der Waals surface area contributed by atoms with Crippen molar-refractivity contribution in [2.45, 2.75) is 17.8 Å². The molecule has 0 aliphatic carbocycles. The van der Waals surface area contributed by atoms with Crippen molar-refractivity contribution < 1.29 is 19.2 Å². The van der Waals surface area contributed by atoms with E-state index in [4.69, 9.17) is 24.5 Å². The number of hydrogen-bond acceptors (Lipinski definition) is 6. The lowest BCUT2D eigenvalue weighted by atomic mass is 9.97. The highest BCUT2D eigenvalue weighted by atomic mass is 127. The third-order valence-corrected chi connectivity index (χ3v) is 3.53. The van der Waals surface area contributed by atoms with Crippen LogP contribution in [0.5, 0.6) is 0 Å². The maximum Gasteiger partial charge on any atom is 0.178 e. The molecule has 0 bridgehead atoms. The van der Waals surface area contributed by atoms with Gasteiger partial charge in [-0.15, -0.1) is 0 Å². The molecule has 0 aromatic rings. The average Bonchev–Trinajstić information content (AvgIpc) is 2.71. The summed E-state index contributed by atoms with van der Waals surface area (Å²) in [6.45, 7) is 0.348. The highest BCUT2D eigenvalue weighted by molar-refractivity contribution is 14.1. The van der Waals surface area contributed by atoms with E-state index >= 15 is 0 Å². The van der Waals surface area contributed by atoms with E-state index in [2.05, 4.69) is 28.7 Å². The van der Waals surface area contributed by atoms with Crippen molar-refractivity contribution in [3.63, 3.8) is 0 Å². The van der Waals surface area contributed by atoms with Crippen molar-refractivity contribution in [1.82, 2.24) is 5.39 Å². The maximum absolute atomic E-state index is 8.90. The number of hydrogen-bond donors (Lipinski definition) is 0. The van der Waals surface area contributed by atoms with Gasteiger partial charge in [-0.2, -0.15) is 5.26 Å². The summed E-state index contributed by atoms with van der Waals surface area (Å²) in [6.07, 6.45) is -0.881. The minimum Gasteiger partial charge on any atom is -0.357 e. The van der Waals surface area contributed by atoms with Crippen LogP contribution in [0.4, 0.5) is 0 Å². The fourth-order valence-electron chi connectivity index (χ4n) is 1.53. The van der Waals surface area contributed by atoms with Crippen LogP contribution in [0.2, 0.25) is 0 Å². The number of fused-ring (bicyclic) bond motifs is 1. The second kappa shape index (κ2) is 3.88. The normalized spacial score (nSPS) is 42.4. The molecule has 2 saturated heterocycles. The van der Waals surface area contributed by atoms with Gasteiger partial charge in [-0.25, -0.2) is 9.68 Å². The lowest BCUT2D eigenvalue weighted by Crippen LogP contribution is -2.46. The van der Waals surface area contributed by atoms with Crippen LogP contribution >= 0.6 is 22.6 Å². The van der Waals surface area contributed by atoms with Crippen LogP contribution in [0.25, 0.3) is 0 Å². The van der Waals surface area contributed by atoms with Gasteiger partial charge in [0, 0.05) is 4.43 Å². The molecule has 78 valence electrons. The maximum atomic E-state index is 8.90. The molecule has 2 fully saturated rings. The van der Waals surface area contributed by atoms with Gasteiger partial charge in [-0.05, 0) is 0 Å². The second-order valence-corrected chi connectivity index (χ2v) is 3.79. The third kappa shape index (κ3) is 1.34. The van der Waals surface area contributed by atoms with Crippen molar-refractivity contribution >= 4 is 22.6 Å². The molecule has 7 heteroatoms. The van der Waals surface area contributed by atoms with Crippen molar-refractivity contribution in [1.29, 1.82) is 5.26 Å². The van der Waals surface area contributed by atoms with Gasteiger partial charge in [0.05, 0.1) is 25.2 Å². The van der Waals surface area contributed by atoms with E-state index in [-0.39, 0.29) is 6.10 Å². The predicted molar refractivity (Wildman–Crippen MR) is 51.8 cm³/mol. The van der Waals surface area contributed by atoms with Gasteiger partial charge in [0.2, 0.25) is 0 Å². The standard InChI is InChI=1S/C7H9IN2O4/c1-11-10-13-6-3-12-5(2-9)7(6,4-8)14-10/h5-6H,3-4H2,1H3. The van der Waals surface area contributed by atoms with E-state index in [1.165, 1.54) is 7.11 Å². The topological polar surface area (TPSA) is 64.0 Å². The largest absolute Gasteiger partial charge is 0.357 e. The Kier molecular flexibility index (Phi) is 2.92. The minimum absolute atomic E-state index is 0.274. The molecule has 0 amide bonds. The van der Waals surface area contributed by atoms with E-state index in [9.17, 15) is 0 Å². The van der Waals surface area contributed by atoms with Gasteiger partial charge >= 0.3 is 0 Å². The number of nitriles is 1. The van der Waals surface area contributed by atoms with E-state index in [0.717, 1.165) is 5.39 Å². The number of ether oxygens (including phenoxy) is 1. The van der Waals surface area contributed by atoms with Gasteiger partial charge in [-0.1, -0.05) is 22.6 Å². The van der Waals surface area contributed by atoms with Gasteiger partial charge < -0.3 is 4.74 Å². The molecule has 0 radical (unpaired) electrons. The molecule has 2 aliphatic rings. The van der Waals surface area contributed by atoms with Crippen LogP contribution in [-0.4, -0.2) is 41.3 Å². The van der Waals surface area contributed by atoms with Crippen LogP contribution in [0.15, 0.2) is 0 Å². The highest BCUT2D eigenvalue weighted by Crippen LogP contribution is 2.40. The van der Waals surface area contributed by atoms with Crippen LogP contribution < -0.4 is 0 Å². The summed E-state index contributed by atoms with van der Waals surface area (Å²) in [4.78, 5) is 15.5. The molecule has 14 heavy (non-hydrogen) atoms. The predicted octanol–water partition coefficient (Wildman–Crippen LogP) is 0.191. The second-order valence-electron chi connectivity index (χ2n) is 3.02. The first-order chi connectivity index (χ1) is 6.76. The van der Waals surface area contributed by atoms with Gasteiger partial charge in [0.25, 0.3) is 0 Å². The van der Waals surface area contributed by atoms with E-state index in [0.29, 0.717) is 11.0 Å². The fourth-order valence-corrected chi connectivity index (χ4v) is 2.56. The first-order valence-electron chi connectivity index (χ1n) is 4.04. The van der Waals surface area contributed by atoms with Gasteiger partial charge in [-0.3, -0.25) is 4.84 Å². The Morgan fingerprint density at radius 1 is 1.79 bits per heavy atom. The molecule has 0 N–H and O–H groups in total. The molecule has 3 unspecified atom stereocenters. The van der Waals surface area contributed by atoms with Crippen LogP contribution in [-0.2, 0) is 19.2 Å². The van der Waals surface area contributed by atoms with E-state index in [1.54, 1.807) is 0 Å². The van der Waals surface area contributed by atoms with E-state index < -0.39 is 11.7 Å². The number of halogens is 1. The summed E-state index contributed by atoms with van der Waals surface area (Å²) in [7, 11) is 1.43. The Bertz CT molecular complexity index is 271. The zero-order valence-corrected chi connectivity index (χ0v) is 9.63.